The Hall–Kier alpha value is -0.880. The Morgan fingerprint density at radius 1 is 1.43 bits per heavy atom. The fourth-order valence-electron chi connectivity index (χ4n) is 0.690. The van der Waals surface area contributed by atoms with E-state index in [0.717, 1.165) is 12.7 Å². The SMILES string of the molecule is O=P(O)(OCCCO)c1ncncn1. The van der Waals surface area contributed by atoms with E-state index in [1.165, 1.54) is 0 Å². The molecule has 1 heterocycles. The average Bonchev–Trinajstić information content (AvgIpc) is 2.19. The number of aliphatic hydroxyl groups excluding tert-OH is 1. The average molecular weight is 219 g/mol. The summed E-state index contributed by atoms with van der Waals surface area (Å²) in [5.74, 6) is 0. The summed E-state index contributed by atoms with van der Waals surface area (Å²) in [5.41, 5.74) is -0.287. The van der Waals surface area contributed by atoms with Crippen molar-refractivity contribution in [2.24, 2.45) is 0 Å². The summed E-state index contributed by atoms with van der Waals surface area (Å²) >= 11 is 0. The second-order valence-corrected chi connectivity index (χ2v) is 4.07. The summed E-state index contributed by atoms with van der Waals surface area (Å²) in [5, 5.41) is 8.44. The summed E-state index contributed by atoms with van der Waals surface area (Å²) < 4.78 is 16.0. The molecular weight excluding hydrogens is 209 g/mol. The summed E-state index contributed by atoms with van der Waals surface area (Å²) in [6.07, 6.45) is 2.51. The lowest BCUT2D eigenvalue weighted by molar-refractivity contribution is 0.218. The third-order valence-corrected chi connectivity index (χ3v) is 2.57. The van der Waals surface area contributed by atoms with Crippen LogP contribution in [0.1, 0.15) is 6.42 Å². The summed E-state index contributed by atoms with van der Waals surface area (Å²) in [4.78, 5) is 19.8. The van der Waals surface area contributed by atoms with Gasteiger partial charge in [-0.05, 0) is 6.42 Å². The van der Waals surface area contributed by atoms with E-state index >= 15 is 0 Å². The lowest BCUT2D eigenvalue weighted by Gasteiger charge is -2.08. The minimum atomic E-state index is -3.95. The van der Waals surface area contributed by atoms with Gasteiger partial charge < -0.3 is 14.5 Å². The highest BCUT2D eigenvalue weighted by Crippen LogP contribution is 2.38. The third-order valence-electron chi connectivity index (χ3n) is 1.30. The molecule has 14 heavy (non-hydrogen) atoms. The molecule has 0 aliphatic rings. The maximum atomic E-state index is 11.4. The van der Waals surface area contributed by atoms with Gasteiger partial charge in [0.15, 0.2) is 0 Å². The first kappa shape index (κ1) is 11.2. The predicted octanol–water partition coefficient (Wildman–Crippen LogP) is -0.919. The van der Waals surface area contributed by atoms with Gasteiger partial charge in [0.25, 0.3) is 0 Å². The molecule has 0 amide bonds. The second kappa shape index (κ2) is 5.11. The van der Waals surface area contributed by atoms with Crippen molar-refractivity contribution in [3.8, 4) is 0 Å². The molecule has 0 aliphatic heterocycles. The van der Waals surface area contributed by atoms with Gasteiger partial charge >= 0.3 is 7.60 Å². The van der Waals surface area contributed by atoms with Gasteiger partial charge in [-0.1, -0.05) is 0 Å². The van der Waals surface area contributed by atoms with E-state index in [0.29, 0.717) is 0 Å². The second-order valence-electron chi connectivity index (χ2n) is 2.37. The van der Waals surface area contributed by atoms with Crippen LogP contribution in [-0.4, -0.2) is 38.2 Å². The zero-order chi connectivity index (χ0) is 10.4. The highest BCUT2D eigenvalue weighted by atomic mass is 31.2. The molecular formula is C6H10N3O4P. The molecule has 8 heteroatoms. The zero-order valence-electron chi connectivity index (χ0n) is 7.28. The fraction of sp³-hybridized carbons (Fsp3) is 0.500. The van der Waals surface area contributed by atoms with Gasteiger partial charge in [-0.3, -0.25) is 4.57 Å². The van der Waals surface area contributed by atoms with E-state index in [9.17, 15) is 9.46 Å². The van der Waals surface area contributed by atoms with Crippen LogP contribution in [0.4, 0.5) is 0 Å². The molecule has 1 aromatic heterocycles. The van der Waals surface area contributed by atoms with Crippen molar-refractivity contribution in [3.05, 3.63) is 12.7 Å². The van der Waals surface area contributed by atoms with Gasteiger partial charge in [-0.2, -0.15) is 0 Å². The molecule has 7 nitrogen and oxygen atoms in total. The molecule has 0 bridgehead atoms. The van der Waals surface area contributed by atoms with Crippen LogP contribution in [0.15, 0.2) is 12.7 Å². The van der Waals surface area contributed by atoms with E-state index < -0.39 is 7.60 Å². The van der Waals surface area contributed by atoms with Crippen LogP contribution in [0, 0.1) is 0 Å². The van der Waals surface area contributed by atoms with Crippen molar-refractivity contribution >= 4 is 13.2 Å². The Morgan fingerprint density at radius 3 is 2.64 bits per heavy atom. The van der Waals surface area contributed by atoms with Gasteiger partial charge in [0.2, 0.25) is 5.57 Å². The molecule has 0 fully saturated rings. The monoisotopic (exact) mass is 219 g/mol. The van der Waals surface area contributed by atoms with E-state index in [1.54, 1.807) is 0 Å². The van der Waals surface area contributed by atoms with Crippen molar-refractivity contribution in [2.45, 2.75) is 6.42 Å². The number of hydrogen-bond acceptors (Lipinski definition) is 6. The van der Waals surface area contributed by atoms with Crippen molar-refractivity contribution < 1.29 is 19.1 Å². The molecule has 1 unspecified atom stereocenters. The molecule has 0 saturated carbocycles. The largest absolute Gasteiger partial charge is 0.396 e. The van der Waals surface area contributed by atoms with E-state index in [2.05, 4.69) is 19.5 Å². The smallest absolute Gasteiger partial charge is 0.395 e. The molecule has 1 aromatic rings. The maximum absolute atomic E-state index is 11.4. The van der Waals surface area contributed by atoms with Crippen LogP contribution in [0.3, 0.4) is 0 Å². The topological polar surface area (TPSA) is 105 Å². The van der Waals surface area contributed by atoms with Crippen LogP contribution < -0.4 is 5.57 Å². The quantitative estimate of drug-likeness (QED) is 0.487. The van der Waals surface area contributed by atoms with Crippen LogP contribution >= 0.6 is 7.60 Å². The Balaban J connectivity index is 2.62. The first-order valence-corrected chi connectivity index (χ1v) is 5.45. The molecule has 2 N–H and O–H groups in total. The number of aliphatic hydroxyl groups is 1. The first-order chi connectivity index (χ1) is 6.67. The van der Waals surface area contributed by atoms with Gasteiger partial charge in [-0.25, -0.2) is 15.0 Å². The summed E-state index contributed by atoms with van der Waals surface area (Å²) in [7, 11) is -3.95. The molecule has 0 aliphatic carbocycles. The van der Waals surface area contributed by atoms with E-state index in [4.69, 9.17) is 5.11 Å². The van der Waals surface area contributed by atoms with Crippen LogP contribution in [0.5, 0.6) is 0 Å². The highest BCUT2D eigenvalue weighted by Gasteiger charge is 2.25. The van der Waals surface area contributed by atoms with E-state index in [1.807, 2.05) is 0 Å². The molecule has 1 rings (SSSR count). The van der Waals surface area contributed by atoms with Gasteiger partial charge in [-0.15, -0.1) is 0 Å². The van der Waals surface area contributed by atoms with Crippen molar-refractivity contribution in [1.82, 2.24) is 15.0 Å². The number of hydrogen-bond donors (Lipinski definition) is 2. The number of aromatic nitrogens is 3. The van der Waals surface area contributed by atoms with Crippen LogP contribution in [0.2, 0.25) is 0 Å². The summed E-state index contributed by atoms with van der Waals surface area (Å²) in [6, 6.07) is 0. The van der Waals surface area contributed by atoms with Crippen molar-refractivity contribution in [1.29, 1.82) is 0 Å². The van der Waals surface area contributed by atoms with Crippen molar-refractivity contribution in [2.75, 3.05) is 13.2 Å². The molecule has 0 spiro atoms. The predicted molar refractivity (Wildman–Crippen MR) is 46.9 cm³/mol. The third kappa shape index (κ3) is 3.12. The zero-order valence-corrected chi connectivity index (χ0v) is 8.17. The summed E-state index contributed by atoms with van der Waals surface area (Å²) in [6.45, 7) is -0.118. The van der Waals surface area contributed by atoms with Crippen LogP contribution in [-0.2, 0) is 9.09 Å². The molecule has 78 valence electrons. The fourth-order valence-corrected chi connectivity index (χ4v) is 1.58. The van der Waals surface area contributed by atoms with E-state index in [-0.39, 0.29) is 25.2 Å². The minimum absolute atomic E-state index is 0.0179. The number of rotatable bonds is 5. The lowest BCUT2D eigenvalue weighted by Crippen LogP contribution is -2.16. The maximum Gasteiger partial charge on any atom is 0.395 e. The van der Waals surface area contributed by atoms with Crippen molar-refractivity contribution in [3.63, 3.8) is 0 Å². The lowest BCUT2D eigenvalue weighted by atomic mass is 10.5. The Kier molecular flexibility index (Phi) is 4.09. The van der Waals surface area contributed by atoms with Gasteiger partial charge in [0.05, 0.1) is 6.61 Å². The molecule has 0 saturated heterocycles. The highest BCUT2D eigenvalue weighted by molar-refractivity contribution is 7.60. The Labute approximate surface area is 80.4 Å². The Bertz CT molecular complexity index is 320. The normalized spacial score (nSPS) is 15.0. The van der Waals surface area contributed by atoms with Crippen LogP contribution in [0.25, 0.3) is 0 Å². The van der Waals surface area contributed by atoms with Gasteiger partial charge in [0.1, 0.15) is 12.7 Å². The van der Waals surface area contributed by atoms with Gasteiger partial charge in [0, 0.05) is 6.61 Å². The Morgan fingerprint density at radius 2 is 2.07 bits per heavy atom. The molecule has 0 radical (unpaired) electrons. The first-order valence-electron chi connectivity index (χ1n) is 3.87. The number of nitrogens with zero attached hydrogens (tertiary/aromatic N) is 3. The molecule has 1 atom stereocenters. The standard InChI is InChI=1S/C6H10N3O4P/c10-2-1-3-13-14(11,12)6-8-4-7-5-9-6/h4-5,10H,1-3H2,(H,11,12). The molecule has 0 aromatic carbocycles. The minimum Gasteiger partial charge on any atom is -0.396 e.